The Kier molecular flexibility index (Phi) is 6.91. The van der Waals surface area contributed by atoms with Crippen LogP contribution in [0.25, 0.3) is 0 Å². The van der Waals surface area contributed by atoms with Gasteiger partial charge in [-0.2, -0.15) is 0 Å². The fraction of sp³-hybridized carbons (Fsp3) is 0.714. The van der Waals surface area contributed by atoms with Crippen molar-refractivity contribution in [1.82, 2.24) is 9.88 Å². The van der Waals surface area contributed by atoms with E-state index in [1.165, 1.54) is 11.3 Å². The second-order valence-electron chi connectivity index (χ2n) is 5.40. The average molecular weight is 314 g/mol. The molecule has 1 rings (SSSR count). The summed E-state index contributed by atoms with van der Waals surface area (Å²) in [5.74, 6) is 0.706. The van der Waals surface area contributed by atoms with Gasteiger partial charge in [0.15, 0.2) is 5.13 Å². The van der Waals surface area contributed by atoms with Crippen LogP contribution in [0.5, 0.6) is 0 Å². The number of methoxy groups -OCH3 is 1. The van der Waals surface area contributed by atoms with E-state index in [-0.39, 0.29) is 11.9 Å². The lowest BCUT2D eigenvalue weighted by atomic mass is 10.2. The fourth-order valence-corrected chi connectivity index (χ4v) is 2.82. The Morgan fingerprint density at radius 2 is 2.14 bits per heavy atom. The van der Waals surface area contributed by atoms with E-state index in [1.54, 1.807) is 12.0 Å². The van der Waals surface area contributed by atoms with Gasteiger partial charge in [0, 0.05) is 20.2 Å². The van der Waals surface area contributed by atoms with Gasteiger partial charge in [0.1, 0.15) is 10.7 Å². The molecule has 0 aliphatic rings. The topological polar surface area (TPSA) is 80.5 Å². The van der Waals surface area contributed by atoms with Gasteiger partial charge in [0.2, 0.25) is 0 Å². The molecule has 0 aliphatic carbocycles. The molecule has 0 bridgehead atoms. The summed E-state index contributed by atoms with van der Waals surface area (Å²) in [7, 11) is 1.63. The minimum atomic E-state index is -0.0883. The average Bonchev–Trinajstić information content (AvgIpc) is 2.78. The van der Waals surface area contributed by atoms with Crippen molar-refractivity contribution in [3.63, 3.8) is 0 Å². The van der Waals surface area contributed by atoms with Gasteiger partial charge in [-0.1, -0.05) is 25.2 Å². The zero-order chi connectivity index (χ0) is 16.0. The number of anilines is 2. The van der Waals surface area contributed by atoms with E-state index in [0.717, 1.165) is 6.54 Å². The highest BCUT2D eigenvalue weighted by molar-refractivity contribution is 7.18. The first kappa shape index (κ1) is 17.7. The summed E-state index contributed by atoms with van der Waals surface area (Å²) in [6.45, 7) is 10.0. The van der Waals surface area contributed by atoms with Crippen LogP contribution in [0.15, 0.2) is 0 Å². The fourth-order valence-electron chi connectivity index (χ4n) is 1.97. The van der Waals surface area contributed by atoms with Crippen LogP contribution in [0, 0.1) is 5.92 Å². The van der Waals surface area contributed by atoms with Crippen molar-refractivity contribution in [2.75, 3.05) is 37.9 Å². The number of amides is 1. The smallest absolute Gasteiger partial charge is 0.268 e. The van der Waals surface area contributed by atoms with E-state index in [1.807, 2.05) is 13.8 Å². The molecule has 0 aromatic carbocycles. The summed E-state index contributed by atoms with van der Waals surface area (Å²) >= 11 is 1.31. The Morgan fingerprint density at radius 1 is 1.48 bits per heavy atom. The number of aromatic nitrogens is 1. The Labute approximate surface area is 130 Å². The molecule has 1 aromatic heterocycles. The van der Waals surface area contributed by atoms with Gasteiger partial charge in [-0.25, -0.2) is 4.98 Å². The Hall–Kier alpha value is -1.34. The molecule has 0 spiro atoms. The van der Waals surface area contributed by atoms with Gasteiger partial charge in [0.05, 0.1) is 12.6 Å². The van der Waals surface area contributed by atoms with E-state index >= 15 is 0 Å². The molecule has 1 unspecified atom stereocenters. The van der Waals surface area contributed by atoms with Crippen LogP contribution < -0.4 is 11.1 Å². The van der Waals surface area contributed by atoms with E-state index in [0.29, 0.717) is 34.9 Å². The summed E-state index contributed by atoms with van der Waals surface area (Å²) in [5, 5.41) is 3.90. The summed E-state index contributed by atoms with van der Waals surface area (Å²) in [5.41, 5.74) is 5.90. The van der Waals surface area contributed by atoms with Crippen molar-refractivity contribution >= 4 is 28.2 Å². The van der Waals surface area contributed by atoms with Gasteiger partial charge < -0.3 is 20.7 Å². The molecule has 120 valence electrons. The summed E-state index contributed by atoms with van der Waals surface area (Å²) in [6, 6.07) is 0.000994. The van der Waals surface area contributed by atoms with Crippen molar-refractivity contribution < 1.29 is 9.53 Å². The number of nitrogens with two attached hydrogens (primary N) is 1. The highest BCUT2D eigenvalue weighted by atomic mass is 32.1. The molecule has 0 saturated heterocycles. The van der Waals surface area contributed by atoms with Gasteiger partial charge in [-0.3, -0.25) is 4.79 Å². The Bertz CT molecular complexity index is 462. The third kappa shape index (κ3) is 4.86. The summed E-state index contributed by atoms with van der Waals surface area (Å²) < 4.78 is 5.12. The highest BCUT2D eigenvalue weighted by Crippen LogP contribution is 2.27. The van der Waals surface area contributed by atoms with Gasteiger partial charge in [-0.15, -0.1) is 0 Å². The molecule has 1 aromatic rings. The SMILES string of the molecule is CCN(C(=O)c1sc(NCC(C)C)nc1N)C(C)COC. The number of carbonyl (C=O) groups is 1. The van der Waals surface area contributed by atoms with Crippen molar-refractivity contribution in [1.29, 1.82) is 0 Å². The third-order valence-corrected chi connectivity index (χ3v) is 4.07. The maximum atomic E-state index is 12.6. The standard InChI is InChI=1S/C14H26N4O2S/c1-6-18(10(4)8-20-5)13(19)11-12(15)17-14(21-11)16-7-9(2)3/h9-10H,6-8,15H2,1-5H3,(H,16,17). The quantitative estimate of drug-likeness (QED) is 0.769. The molecule has 6 nitrogen and oxygen atoms in total. The highest BCUT2D eigenvalue weighted by Gasteiger charge is 2.24. The number of ether oxygens (including phenoxy) is 1. The maximum Gasteiger partial charge on any atom is 0.268 e. The third-order valence-electron chi connectivity index (χ3n) is 3.05. The molecule has 1 amide bonds. The number of hydrogen-bond acceptors (Lipinski definition) is 6. The number of likely N-dealkylation sites (N-methyl/N-ethyl adjacent to an activating group) is 1. The first-order chi connectivity index (χ1) is 9.90. The van der Waals surface area contributed by atoms with Crippen molar-refractivity contribution in [3.8, 4) is 0 Å². The maximum absolute atomic E-state index is 12.6. The molecule has 1 atom stereocenters. The lowest BCUT2D eigenvalue weighted by Gasteiger charge is -2.27. The van der Waals surface area contributed by atoms with E-state index in [4.69, 9.17) is 10.5 Å². The molecule has 0 saturated carbocycles. The summed E-state index contributed by atoms with van der Waals surface area (Å²) in [6.07, 6.45) is 0. The zero-order valence-corrected chi connectivity index (χ0v) is 14.3. The first-order valence-corrected chi connectivity index (χ1v) is 8.02. The first-order valence-electron chi connectivity index (χ1n) is 7.20. The van der Waals surface area contributed by atoms with E-state index < -0.39 is 0 Å². The molecule has 0 fully saturated rings. The number of rotatable bonds is 8. The second kappa shape index (κ2) is 8.19. The lowest BCUT2D eigenvalue weighted by Crippen LogP contribution is -2.40. The summed E-state index contributed by atoms with van der Waals surface area (Å²) in [4.78, 5) is 19.1. The molecule has 0 radical (unpaired) electrons. The van der Waals surface area contributed by atoms with Crippen LogP contribution in [-0.2, 0) is 4.74 Å². The van der Waals surface area contributed by atoms with Crippen molar-refractivity contribution in [3.05, 3.63) is 4.88 Å². The predicted octanol–water partition coefficient (Wildman–Crippen LogP) is 2.29. The van der Waals surface area contributed by atoms with Crippen LogP contribution in [0.3, 0.4) is 0 Å². The monoisotopic (exact) mass is 314 g/mol. The normalized spacial score (nSPS) is 12.5. The van der Waals surface area contributed by atoms with Crippen LogP contribution in [0.4, 0.5) is 10.9 Å². The Morgan fingerprint density at radius 3 is 2.67 bits per heavy atom. The number of nitrogen functional groups attached to an aromatic ring is 1. The van der Waals surface area contributed by atoms with Crippen molar-refractivity contribution in [2.45, 2.75) is 33.7 Å². The molecule has 1 heterocycles. The van der Waals surface area contributed by atoms with Gasteiger partial charge in [0.25, 0.3) is 5.91 Å². The molecular weight excluding hydrogens is 288 g/mol. The number of nitrogens with zero attached hydrogens (tertiary/aromatic N) is 2. The molecule has 3 N–H and O–H groups in total. The number of nitrogens with one attached hydrogen (secondary N) is 1. The largest absolute Gasteiger partial charge is 0.383 e. The van der Waals surface area contributed by atoms with Crippen LogP contribution in [0.2, 0.25) is 0 Å². The number of hydrogen-bond donors (Lipinski definition) is 2. The number of carbonyl (C=O) groups excluding carboxylic acids is 1. The molecule has 0 aliphatic heterocycles. The molecule has 7 heteroatoms. The molecule has 21 heavy (non-hydrogen) atoms. The Balaban J connectivity index is 2.85. The lowest BCUT2D eigenvalue weighted by molar-refractivity contribution is 0.0584. The van der Waals surface area contributed by atoms with Gasteiger partial charge in [-0.05, 0) is 19.8 Å². The predicted molar refractivity (Wildman–Crippen MR) is 87.9 cm³/mol. The van der Waals surface area contributed by atoms with Crippen molar-refractivity contribution in [2.24, 2.45) is 5.92 Å². The zero-order valence-electron chi connectivity index (χ0n) is 13.5. The second-order valence-corrected chi connectivity index (χ2v) is 6.40. The van der Waals surface area contributed by atoms with Crippen LogP contribution >= 0.6 is 11.3 Å². The number of thiazole rings is 1. The van der Waals surface area contributed by atoms with E-state index in [9.17, 15) is 4.79 Å². The minimum Gasteiger partial charge on any atom is -0.383 e. The van der Waals surface area contributed by atoms with Gasteiger partial charge >= 0.3 is 0 Å². The minimum absolute atomic E-state index is 0.000994. The molecular formula is C14H26N4O2S. The van der Waals surface area contributed by atoms with Crippen LogP contribution in [-0.4, -0.2) is 48.6 Å². The van der Waals surface area contributed by atoms with Crippen LogP contribution in [0.1, 0.15) is 37.4 Å². The van der Waals surface area contributed by atoms with E-state index in [2.05, 4.69) is 24.1 Å².